The quantitative estimate of drug-likeness (QED) is 0.688. The van der Waals surface area contributed by atoms with E-state index >= 15 is 0 Å². The van der Waals surface area contributed by atoms with Crippen molar-refractivity contribution in [3.63, 3.8) is 0 Å². The molecular formula is C10H10N2O4S. The van der Waals surface area contributed by atoms with Gasteiger partial charge in [-0.3, -0.25) is 9.36 Å². The molecular weight excluding hydrogens is 244 g/mol. The predicted octanol–water partition coefficient (Wildman–Crippen LogP) is -0.492. The van der Waals surface area contributed by atoms with Crippen LogP contribution in [0.15, 0.2) is 33.9 Å². The molecule has 0 atom stereocenters. The lowest BCUT2D eigenvalue weighted by atomic mass is 10.2. The fourth-order valence-corrected chi connectivity index (χ4v) is 2.48. The van der Waals surface area contributed by atoms with E-state index in [1.54, 1.807) is 18.2 Å². The first kappa shape index (κ1) is 11.6. The van der Waals surface area contributed by atoms with Gasteiger partial charge in [0.1, 0.15) is 0 Å². The fraction of sp³-hybridized carbons (Fsp3) is 0.200. The molecule has 0 aliphatic carbocycles. The number of rotatable bonds is 1. The Balaban J connectivity index is 3.20. The van der Waals surface area contributed by atoms with Crippen molar-refractivity contribution in [2.45, 2.75) is 0 Å². The van der Waals surface area contributed by atoms with Crippen LogP contribution >= 0.6 is 0 Å². The maximum absolute atomic E-state index is 11.9. The molecule has 1 heterocycles. The van der Waals surface area contributed by atoms with Gasteiger partial charge < -0.3 is 0 Å². The van der Waals surface area contributed by atoms with Gasteiger partial charge in [-0.05, 0) is 12.1 Å². The Hall–Kier alpha value is -1.89. The SMILES string of the molecule is Cn1c(=O)n(S(C)(=O)=O)c(=O)c2ccccc21. The van der Waals surface area contributed by atoms with E-state index in [9.17, 15) is 18.0 Å². The van der Waals surface area contributed by atoms with Crippen LogP contribution in [0.2, 0.25) is 0 Å². The number of fused-ring (bicyclic) bond motifs is 1. The monoisotopic (exact) mass is 254 g/mol. The number of benzene rings is 1. The van der Waals surface area contributed by atoms with Gasteiger partial charge in [-0.2, -0.15) is 3.97 Å². The average Bonchev–Trinajstić information content (AvgIpc) is 2.24. The van der Waals surface area contributed by atoms with Crippen molar-refractivity contribution in [1.82, 2.24) is 8.54 Å². The van der Waals surface area contributed by atoms with Gasteiger partial charge >= 0.3 is 5.69 Å². The molecule has 1 aromatic heterocycles. The summed E-state index contributed by atoms with van der Waals surface area (Å²) in [7, 11) is -2.48. The molecule has 0 unspecified atom stereocenters. The number of para-hydroxylation sites is 1. The summed E-state index contributed by atoms with van der Waals surface area (Å²) in [6, 6.07) is 6.36. The van der Waals surface area contributed by atoms with Gasteiger partial charge in [-0.25, -0.2) is 13.2 Å². The number of nitrogens with zero attached hydrogens (tertiary/aromatic N) is 2. The maximum atomic E-state index is 11.9. The first-order chi connectivity index (χ1) is 7.84. The molecule has 0 saturated heterocycles. The lowest BCUT2D eigenvalue weighted by Crippen LogP contribution is -2.42. The van der Waals surface area contributed by atoms with Crippen molar-refractivity contribution in [2.75, 3.05) is 6.26 Å². The summed E-state index contributed by atoms with van der Waals surface area (Å²) in [6.07, 6.45) is 0.824. The number of hydrogen-bond donors (Lipinski definition) is 0. The van der Waals surface area contributed by atoms with Gasteiger partial charge in [0.25, 0.3) is 5.56 Å². The summed E-state index contributed by atoms with van der Waals surface area (Å²) in [5.74, 6) is 0. The highest BCUT2D eigenvalue weighted by Gasteiger charge is 2.17. The summed E-state index contributed by atoms with van der Waals surface area (Å²) < 4.78 is 24.2. The van der Waals surface area contributed by atoms with E-state index in [0.29, 0.717) is 5.52 Å². The second-order valence-electron chi connectivity index (χ2n) is 3.69. The molecule has 6 nitrogen and oxygen atoms in total. The van der Waals surface area contributed by atoms with E-state index in [1.807, 2.05) is 0 Å². The molecule has 0 N–H and O–H groups in total. The smallest absolute Gasteiger partial charge is 0.295 e. The van der Waals surface area contributed by atoms with Crippen LogP contribution in [0.3, 0.4) is 0 Å². The Bertz CT molecular complexity index is 814. The molecule has 0 aliphatic heterocycles. The van der Waals surface area contributed by atoms with E-state index < -0.39 is 21.3 Å². The first-order valence-electron chi connectivity index (χ1n) is 4.75. The average molecular weight is 254 g/mol. The van der Waals surface area contributed by atoms with Crippen LogP contribution in [0.5, 0.6) is 0 Å². The zero-order valence-electron chi connectivity index (χ0n) is 9.25. The molecule has 0 aliphatic rings. The lowest BCUT2D eigenvalue weighted by molar-refractivity contribution is 0.586. The van der Waals surface area contributed by atoms with Crippen LogP contribution in [-0.4, -0.2) is 23.2 Å². The van der Waals surface area contributed by atoms with Crippen LogP contribution in [0.4, 0.5) is 0 Å². The molecule has 17 heavy (non-hydrogen) atoms. The van der Waals surface area contributed by atoms with Crippen molar-refractivity contribution in [3.05, 3.63) is 45.1 Å². The topological polar surface area (TPSA) is 78.1 Å². The van der Waals surface area contributed by atoms with Crippen LogP contribution in [0.25, 0.3) is 10.9 Å². The molecule has 0 spiro atoms. The summed E-state index contributed by atoms with van der Waals surface area (Å²) >= 11 is 0. The summed E-state index contributed by atoms with van der Waals surface area (Å²) in [4.78, 5) is 23.7. The lowest BCUT2D eigenvalue weighted by Gasteiger charge is -2.08. The molecule has 0 amide bonds. The van der Waals surface area contributed by atoms with Crippen molar-refractivity contribution >= 4 is 20.9 Å². The second-order valence-corrected chi connectivity index (χ2v) is 5.52. The van der Waals surface area contributed by atoms with Crippen molar-refractivity contribution < 1.29 is 8.42 Å². The Morgan fingerprint density at radius 2 is 1.71 bits per heavy atom. The minimum Gasteiger partial charge on any atom is -0.295 e. The van der Waals surface area contributed by atoms with Crippen molar-refractivity contribution in [2.24, 2.45) is 7.05 Å². The maximum Gasteiger partial charge on any atom is 0.345 e. The van der Waals surface area contributed by atoms with Crippen molar-refractivity contribution in [3.8, 4) is 0 Å². The minimum absolute atomic E-state index is 0.194. The highest BCUT2D eigenvalue weighted by Crippen LogP contribution is 2.05. The third kappa shape index (κ3) is 1.68. The molecule has 1 aromatic carbocycles. The molecule has 0 bridgehead atoms. The Kier molecular flexibility index (Phi) is 2.43. The predicted molar refractivity (Wildman–Crippen MR) is 63.7 cm³/mol. The Morgan fingerprint density at radius 1 is 1.12 bits per heavy atom. The van der Waals surface area contributed by atoms with Gasteiger partial charge in [0, 0.05) is 7.05 Å². The van der Waals surface area contributed by atoms with Gasteiger partial charge in [0.15, 0.2) is 0 Å². The van der Waals surface area contributed by atoms with Crippen molar-refractivity contribution in [1.29, 1.82) is 0 Å². The fourth-order valence-electron chi connectivity index (χ4n) is 1.67. The van der Waals surface area contributed by atoms with Crippen LogP contribution in [-0.2, 0) is 17.1 Å². The molecule has 0 saturated carbocycles. The highest BCUT2D eigenvalue weighted by molar-refractivity contribution is 7.89. The molecule has 2 rings (SSSR count). The van der Waals surface area contributed by atoms with Gasteiger partial charge in [0.2, 0.25) is 10.0 Å². The van der Waals surface area contributed by atoms with Crippen LogP contribution in [0, 0.1) is 0 Å². The van der Waals surface area contributed by atoms with E-state index in [0.717, 1.165) is 10.8 Å². The number of hydrogen-bond acceptors (Lipinski definition) is 4. The van der Waals surface area contributed by atoms with Gasteiger partial charge in [-0.1, -0.05) is 12.1 Å². The number of aromatic nitrogens is 2. The molecule has 90 valence electrons. The summed E-state index contributed by atoms with van der Waals surface area (Å²) in [5.41, 5.74) is -1.27. The highest BCUT2D eigenvalue weighted by atomic mass is 32.2. The van der Waals surface area contributed by atoms with Crippen LogP contribution in [0.1, 0.15) is 0 Å². The molecule has 2 aromatic rings. The third-order valence-corrected chi connectivity index (χ3v) is 3.46. The van der Waals surface area contributed by atoms with Crippen LogP contribution < -0.4 is 11.2 Å². The summed E-state index contributed by atoms with van der Waals surface area (Å²) in [6.45, 7) is 0. The van der Waals surface area contributed by atoms with E-state index in [1.165, 1.54) is 13.1 Å². The number of aryl methyl sites for hydroxylation is 1. The largest absolute Gasteiger partial charge is 0.345 e. The van der Waals surface area contributed by atoms with Gasteiger partial charge in [-0.15, -0.1) is 0 Å². The normalized spacial score (nSPS) is 11.9. The standard InChI is InChI=1S/C10H10N2O4S/c1-11-8-6-4-3-5-7(8)9(13)12(10(11)14)17(2,15)16/h3-6H,1-2H3. The summed E-state index contributed by atoms with van der Waals surface area (Å²) in [5, 5.41) is 0.194. The Morgan fingerprint density at radius 3 is 2.29 bits per heavy atom. The van der Waals surface area contributed by atoms with E-state index in [-0.39, 0.29) is 9.36 Å². The first-order valence-corrected chi connectivity index (χ1v) is 6.60. The van der Waals surface area contributed by atoms with E-state index in [4.69, 9.17) is 0 Å². The zero-order chi connectivity index (χ0) is 12.8. The third-order valence-electron chi connectivity index (χ3n) is 2.47. The molecule has 7 heteroatoms. The molecule has 0 fully saturated rings. The zero-order valence-corrected chi connectivity index (χ0v) is 10.1. The Labute approximate surface area is 96.8 Å². The second kappa shape index (κ2) is 3.56. The minimum atomic E-state index is -3.91. The molecule has 0 radical (unpaired) electrons. The van der Waals surface area contributed by atoms with E-state index in [2.05, 4.69) is 0 Å². The van der Waals surface area contributed by atoms with Gasteiger partial charge in [0.05, 0.1) is 17.2 Å².